The molecule has 0 radical (unpaired) electrons. The molecule has 0 aliphatic heterocycles. The maximum absolute atomic E-state index is 2.31. The van der Waals surface area contributed by atoms with Crippen LogP contribution in [0.4, 0.5) is 0 Å². The van der Waals surface area contributed by atoms with Crippen molar-refractivity contribution in [2.75, 3.05) is 0 Å². The van der Waals surface area contributed by atoms with Crippen molar-refractivity contribution in [1.82, 2.24) is 0 Å². The third-order valence-electron chi connectivity index (χ3n) is 3.10. The van der Waals surface area contributed by atoms with Gasteiger partial charge in [-0.05, 0) is 17.9 Å². The molecule has 2 unspecified atom stereocenters. The Morgan fingerprint density at radius 2 is 1.80 bits per heavy atom. The molecule has 0 heterocycles. The van der Waals surface area contributed by atoms with E-state index in [0.717, 1.165) is 11.7 Å². The normalized spacial score (nSPS) is 14.8. The van der Waals surface area contributed by atoms with E-state index in [1.54, 1.807) is 0 Å². The summed E-state index contributed by atoms with van der Waals surface area (Å²) in [6, 6.07) is 10.9. The molecule has 0 aromatic heterocycles. The first-order valence-corrected chi connectivity index (χ1v) is 6.26. The van der Waals surface area contributed by atoms with Crippen molar-refractivity contribution in [2.45, 2.75) is 45.3 Å². The molecule has 0 aliphatic carbocycles. The van der Waals surface area contributed by atoms with Crippen LogP contribution in [0.15, 0.2) is 30.3 Å². The van der Waals surface area contributed by atoms with Crippen LogP contribution < -0.4 is 0 Å². The molecule has 0 aliphatic rings. The summed E-state index contributed by atoms with van der Waals surface area (Å²) in [7, 11) is 2.31. The second-order valence-electron chi connectivity index (χ2n) is 4.94. The molecule has 0 nitrogen and oxygen atoms in total. The lowest BCUT2D eigenvalue weighted by molar-refractivity contribution is 0.449. The molecule has 0 N–H and O–H groups in total. The lowest BCUT2D eigenvalue weighted by Gasteiger charge is -2.16. The maximum atomic E-state index is 2.31. The highest BCUT2D eigenvalue weighted by Crippen LogP contribution is 2.20. The summed E-state index contributed by atoms with van der Waals surface area (Å²) in [6.07, 6.45) is 5.31. The summed E-state index contributed by atoms with van der Waals surface area (Å²) < 4.78 is 0. The lowest BCUT2D eigenvalue weighted by Crippen LogP contribution is -2.04. The summed E-state index contributed by atoms with van der Waals surface area (Å²) >= 11 is 0. The van der Waals surface area contributed by atoms with E-state index in [2.05, 4.69) is 52.0 Å². The van der Waals surface area contributed by atoms with Crippen molar-refractivity contribution < 1.29 is 0 Å². The van der Waals surface area contributed by atoms with Crippen molar-refractivity contribution in [3.8, 4) is 0 Å². The van der Waals surface area contributed by atoms with Crippen LogP contribution in [-0.4, -0.2) is 7.85 Å². The molecule has 1 aromatic rings. The molecule has 15 heavy (non-hydrogen) atoms. The quantitative estimate of drug-likeness (QED) is 0.619. The smallest absolute Gasteiger partial charge is 0.0725 e. The van der Waals surface area contributed by atoms with E-state index < -0.39 is 0 Å². The van der Waals surface area contributed by atoms with Crippen LogP contribution in [0.1, 0.15) is 38.7 Å². The minimum absolute atomic E-state index is 0.842. The van der Waals surface area contributed by atoms with Crippen LogP contribution in [0.3, 0.4) is 0 Å². The summed E-state index contributed by atoms with van der Waals surface area (Å²) in [5, 5.41) is 0. The van der Waals surface area contributed by atoms with Gasteiger partial charge in [-0.3, -0.25) is 0 Å². The van der Waals surface area contributed by atoms with Crippen LogP contribution in [0.5, 0.6) is 0 Å². The third-order valence-corrected chi connectivity index (χ3v) is 3.10. The molecule has 82 valence electrons. The van der Waals surface area contributed by atoms with Gasteiger partial charge in [-0.25, -0.2) is 0 Å². The van der Waals surface area contributed by atoms with Crippen molar-refractivity contribution in [2.24, 2.45) is 5.92 Å². The topological polar surface area (TPSA) is 0 Å². The molecule has 2 atom stereocenters. The minimum atomic E-state index is 0.842. The van der Waals surface area contributed by atoms with E-state index in [9.17, 15) is 0 Å². The summed E-state index contributed by atoms with van der Waals surface area (Å²) in [4.78, 5) is 0. The van der Waals surface area contributed by atoms with Crippen LogP contribution >= 0.6 is 0 Å². The minimum Gasteiger partial charge on any atom is -0.0725 e. The monoisotopic (exact) mass is 202 g/mol. The van der Waals surface area contributed by atoms with Crippen molar-refractivity contribution >= 4 is 7.85 Å². The predicted octanol–water partition coefficient (Wildman–Crippen LogP) is 3.48. The van der Waals surface area contributed by atoms with Gasteiger partial charge >= 0.3 is 0 Å². The zero-order valence-electron chi connectivity index (χ0n) is 10.4. The van der Waals surface area contributed by atoms with Crippen LogP contribution in [0, 0.1) is 5.92 Å². The fourth-order valence-electron chi connectivity index (χ4n) is 1.97. The average Bonchev–Trinajstić information content (AvgIpc) is 2.25. The average molecular weight is 202 g/mol. The van der Waals surface area contributed by atoms with Gasteiger partial charge in [0.05, 0.1) is 0 Å². The third kappa shape index (κ3) is 5.06. The largest absolute Gasteiger partial charge is 0.105 e. The summed E-state index contributed by atoms with van der Waals surface area (Å²) in [6.45, 7) is 4.63. The number of benzene rings is 1. The molecule has 0 bridgehead atoms. The molecule has 0 fully saturated rings. The highest BCUT2D eigenvalue weighted by molar-refractivity contribution is 6.11. The van der Waals surface area contributed by atoms with Gasteiger partial charge in [0.2, 0.25) is 0 Å². The fraction of sp³-hybridized carbons (Fsp3) is 0.571. The molecule has 1 rings (SSSR count). The summed E-state index contributed by atoms with van der Waals surface area (Å²) in [5.74, 6) is 1.71. The Labute approximate surface area is 95.5 Å². The predicted molar refractivity (Wildman–Crippen MR) is 71.1 cm³/mol. The van der Waals surface area contributed by atoms with E-state index in [1.165, 1.54) is 31.2 Å². The van der Waals surface area contributed by atoms with Crippen LogP contribution in [0.25, 0.3) is 0 Å². The van der Waals surface area contributed by atoms with Gasteiger partial charge in [-0.2, -0.15) is 0 Å². The van der Waals surface area contributed by atoms with Gasteiger partial charge in [0.25, 0.3) is 0 Å². The molecule has 0 spiro atoms. The molecular formula is C14H23B. The van der Waals surface area contributed by atoms with Crippen molar-refractivity contribution in [3.05, 3.63) is 35.9 Å². The number of rotatable bonds is 6. The Morgan fingerprint density at radius 3 is 2.33 bits per heavy atom. The molecule has 0 saturated carbocycles. The Bertz CT molecular complexity index is 253. The standard InChI is InChI=1S/C14H23B/c1-3-13(10-9-12(2)15)11-14-7-5-4-6-8-14/h4-8,12-13H,3,9-11,15H2,1-2H3. The van der Waals surface area contributed by atoms with Gasteiger partial charge in [0, 0.05) is 0 Å². The highest BCUT2D eigenvalue weighted by Gasteiger charge is 2.08. The van der Waals surface area contributed by atoms with Gasteiger partial charge in [-0.15, -0.1) is 0 Å². The SMILES string of the molecule is BC(C)CCC(CC)Cc1ccccc1. The van der Waals surface area contributed by atoms with Gasteiger partial charge in [-0.1, -0.05) is 69.3 Å². The molecule has 1 heteroatoms. The number of hydrogen-bond donors (Lipinski definition) is 0. The molecule has 0 amide bonds. The van der Waals surface area contributed by atoms with E-state index in [4.69, 9.17) is 0 Å². The molecular weight excluding hydrogens is 179 g/mol. The van der Waals surface area contributed by atoms with Gasteiger partial charge in [0.1, 0.15) is 7.85 Å². The lowest BCUT2D eigenvalue weighted by atomic mass is 9.81. The zero-order chi connectivity index (χ0) is 11.1. The second kappa shape index (κ2) is 6.71. The Hall–Kier alpha value is -0.715. The van der Waals surface area contributed by atoms with Gasteiger partial charge in [0.15, 0.2) is 0 Å². The second-order valence-corrected chi connectivity index (χ2v) is 4.94. The van der Waals surface area contributed by atoms with E-state index in [0.29, 0.717) is 0 Å². The van der Waals surface area contributed by atoms with Gasteiger partial charge < -0.3 is 0 Å². The number of hydrogen-bond acceptors (Lipinski definition) is 0. The highest BCUT2D eigenvalue weighted by atomic mass is 14.1. The Kier molecular flexibility index (Phi) is 5.53. The molecule has 1 aromatic carbocycles. The van der Waals surface area contributed by atoms with Crippen LogP contribution in [0.2, 0.25) is 5.82 Å². The van der Waals surface area contributed by atoms with Crippen molar-refractivity contribution in [1.29, 1.82) is 0 Å². The first-order valence-electron chi connectivity index (χ1n) is 6.26. The zero-order valence-corrected chi connectivity index (χ0v) is 10.4. The Balaban J connectivity index is 2.40. The fourth-order valence-corrected chi connectivity index (χ4v) is 1.97. The van der Waals surface area contributed by atoms with Crippen molar-refractivity contribution in [3.63, 3.8) is 0 Å². The maximum Gasteiger partial charge on any atom is 0.105 e. The Morgan fingerprint density at radius 1 is 1.13 bits per heavy atom. The first kappa shape index (κ1) is 12.4. The van der Waals surface area contributed by atoms with E-state index >= 15 is 0 Å². The molecule has 0 saturated heterocycles. The van der Waals surface area contributed by atoms with E-state index in [1.807, 2.05) is 0 Å². The first-order chi connectivity index (χ1) is 7.22. The van der Waals surface area contributed by atoms with Crippen LogP contribution in [-0.2, 0) is 6.42 Å². The summed E-state index contributed by atoms with van der Waals surface area (Å²) in [5.41, 5.74) is 1.49. The van der Waals surface area contributed by atoms with E-state index in [-0.39, 0.29) is 0 Å².